The van der Waals surface area contributed by atoms with Crippen LogP contribution in [0.4, 0.5) is 0 Å². The summed E-state index contributed by atoms with van der Waals surface area (Å²) in [5, 5.41) is 1.32. The number of aromatic nitrogens is 2. The van der Waals surface area contributed by atoms with Gasteiger partial charge in [-0.15, -0.1) is 0 Å². The van der Waals surface area contributed by atoms with Gasteiger partial charge >= 0.3 is 5.97 Å². The summed E-state index contributed by atoms with van der Waals surface area (Å²) >= 11 is 0. The number of ether oxygens (including phenoxy) is 1. The lowest BCUT2D eigenvalue weighted by molar-refractivity contribution is -0.156. The Bertz CT molecular complexity index is 1160. The number of nitrogens with one attached hydrogen (secondary N) is 1. The van der Waals surface area contributed by atoms with Crippen LogP contribution in [0.15, 0.2) is 30.3 Å². The summed E-state index contributed by atoms with van der Waals surface area (Å²) in [6.45, 7) is 16.6. The number of nitrogens with zero attached hydrogens (tertiary/aromatic N) is 2. The molecule has 1 saturated heterocycles. The van der Waals surface area contributed by atoms with Crippen molar-refractivity contribution in [3.63, 3.8) is 0 Å². The average Bonchev–Trinajstić information content (AvgIpc) is 3.11. The molecule has 1 aromatic carbocycles. The van der Waals surface area contributed by atoms with E-state index >= 15 is 0 Å². The molecule has 0 saturated carbocycles. The Hall–Kier alpha value is -2.66. The second-order valence-electron chi connectivity index (χ2n) is 11.1. The van der Waals surface area contributed by atoms with E-state index in [1.54, 1.807) is 0 Å². The Morgan fingerprint density at radius 3 is 2.35 bits per heavy atom. The summed E-state index contributed by atoms with van der Waals surface area (Å²) in [6, 6.07) is 11.3. The predicted octanol–water partition coefficient (Wildman–Crippen LogP) is 6.49. The van der Waals surface area contributed by atoms with Gasteiger partial charge in [-0.2, -0.15) is 0 Å². The molecule has 1 aliphatic heterocycles. The predicted molar refractivity (Wildman–Crippen MR) is 139 cm³/mol. The smallest absolute Gasteiger partial charge is 0.320 e. The zero-order valence-corrected chi connectivity index (χ0v) is 21.8. The minimum absolute atomic E-state index is 0.129. The van der Waals surface area contributed by atoms with Crippen molar-refractivity contribution in [2.24, 2.45) is 0 Å². The van der Waals surface area contributed by atoms with E-state index in [1.165, 1.54) is 33.3 Å². The van der Waals surface area contributed by atoms with Crippen LogP contribution < -0.4 is 0 Å². The van der Waals surface area contributed by atoms with Crippen LogP contribution in [0.1, 0.15) is 81.8 Å². The van der Waals surface area contributed by atoms with Crippen LogP contribution >= 0.6 is 0 Å². The van der Waals surface area contributed by atoms with Crippen LogP contribution in [0.25, 0.3) is 22.2 Å². The van der Waals surface area contributed by atoms with Gasteiger partial charge in [-0.05, 0) is 108 Å². The van der Waals surface area contributed by atoms with E-state index in [9.17, 15) is 4.79 Å². The van der Waals surface area contributed by atoms with Gasteiger partial charge in [0, 0.05) is 27.9 Å². The lowest BCUT2D eigenvalue weighted by Gasteiger charge is -2.32. The quantitative estimate of drug-likeness (QED) is 0.441. The van der Waals surface area contributed by atoms with Gasteiger partial charge in [0.05, 0.1) is 12.2 Å². The van der Waals surface area contributed by atoms with E-state index in [0.29, 0.717) is 18.4 Å². The first-order valence-corrected chi connectivity index (χ1v) is 12.6. The van der Waals surface area contributed by atoms with Crippen molar-refractivity contribution in [1.29, 1.82) is 0 Å². The number of esters is 1. The fourth-order valence-corrected chi connectivity index (χ4v) is 5.27. The third-order valence-corrected chi connectivity index (χ3v) is 6.64. The van der Waals surface area contributed by atoms with Gasteiger partial charge in [-0.25, -0.2) is 0 Å². The molecule has 2 aromatic heterocycles. The molecule has 182 valence electrons. The summed E-state index contributed by atoms with van der Waals surface area (Å²) in [4.78, 5) is 22.7. The molecule has 0 aliphatic carbocycles. The second kappa shape index (κ2) is 9.53. The van der Waals surface area contributed by atoms with Gasteiger partial charge in [-0.1, -0.05) is 19.9 Å². The zero-order valence-electron chi connectivity index (χ0n) is 21.8. The molecular weight excluding hydrogens is 422 g/mol. The van der Waals surface area contributed by atoms with Crippen LogP contribution in [0.2, 0.25) is 0 Å². The molecule has 1 aliphatic rings. The van der Waals surface area contributed by atoms with Crippen LogP contribution in [0.5, 0.6) is 0 Å². The van der Waals surface area contributed by atoms with Crippen LogP contribution in [0, 0.1) is 13.8 Å². The van der Waals surface area contributed by atoms with E-state index in [0.717, 1.165) is 37.3 Å². The standard InChI is InChI=1S/C29H39N3O2/c1-18(2)27-24-16-22(21-10-12-32(13-11-21)17-26(33)34-29(5,6)7)8-9-25(24)31-28(27)23-14-19(3)30-20(4)15-23/h8-9,14-16,18,21,31H,10-13,17H2,1-7H3. The molecule has 34 heavy (non-hydrogen) atoms. The van der Waals surface area contributed by atoms with Gasteiger partial charge in [0.2, 0.25) is 0 Å². The normalized spacial score (nSPS) is 15.9. The Labute approximate surface area is 203 Å². The third kappa shape index (κ3) is 5.52. The minimum atomic E-state index is -0.429. The third-order valence-electron chi connectivity index (χ3n) is 6.64. The highest BCUT2D eigenvalue weighted by atomic mass is 16.6. The highest BCUT2D eigenvalue weighted by Gasteiger charge is 2.25. The number of carbonyl (C=O) groups is 1. The van der Waals surface area contributed by atoms with Crippen molar-refractivity contribution < 1.29 is 9.53 Å². The van der Waals surface area contributed by atoms with Crippen molar-refractivity contribution in [2.45, 2.75) is 78.7 Å². The second-order valence-corrected chi connectivity index (χ2v) is 11.1. The van der Waals surface area contributed by atoms with Crippen molar-refractivity contribution in [2.75, 3.05) is 19.6 Å². The Balaban J connectivity index is 1.55. The number of hydrogen-bond acceptors (Lipinski definition) is 4. The molecule has 1 N–H and O–H groups in total. The summed E-state index contributed by atoms with van der Waals surface area (Å²) < 4.78 is 5.50. The van der Waals surface area contributed by atoms with Crippen molar-refractivity contribution in [3.05, 3.63) is 52.8 Å². The zero-order chi connectivity index (χ0) is 24.6. The van der Waals surface area contributed by atoms with Gasteiger partial charge in [0.25, 0.3) is 0 Å². The summed E-state index contributed by atoms with van der Waals surface area (Å²) in [6.07, 6.45) is 2.12. The van der Waals surface area contributed by atoms with Crippen LogP contribution in [-0.2, 0) is 9.53 Å². The number of rotatable bonds is 5. The Morgan fingerprint density at radius 1 is 1.12 bits per heavy atom. The summed E-state index contributed by atoms with van der Waals surface area (Å²) in [5.41, 5.74) is 8.05. The maximum atomic E-state index is 12.2. The number of aryl methyl sites for hydroxylation is 2. The molecule has 0 atom stereocenters. The molecule has 1 fully saturated rings. The Morgan fingerprint density at radius 2 is 1.76 bits per heavy atom. The minimum Gasteiger partial charge on any atom is -0.459 e. The van der Waals surface area contributed by atoms with Crippen molar-refractivity contribution >= 4 is 16.9 Å². The molecule has 0 bridgehead atoms. The van der Waals surface area contributed by atoms with E-state index in [1.807, 2.05) is 20.8 Å². The molecule has 3 aromatic rings. The maximum absolute atomic E-state index is 12.2. The number of H-pyrrole nitrogens is 1. The fraction of sp³-hybridized carbons (Fsp3) is 0.517. The monoisotopic (exact) mass is 461 g/mol. The number of aromatic amines is 1. The lowest BCUT2D eigenvalue weighted by atomic mass is 9.87. The number of benzene rings is 1. The van der Waals surface area contributed by atoms with Gasteiger partial charge < -0.3 is 9.72 Å². The number of likely N-dealkylation sites (tertiary alicyclic amines) is 1. The number of carbonyl (C=O) groups excluding carboxylic acids is 1. The molecule has 0 unspecified atom stereocenters. The first kappa shape index (κ1) is 24.5. The maximum Gasteiger partial charge on any atom is 0.320 e. The number of piperidine rings is 1. The SMILES string of the molecule is Cc1cc(-c2[nH]c3ccc(C4CCN(CC(=O)OC(C)(C)C)CC4)cc3c2C(C)C)cc(C)n1. The first-order valence-electron chi connectivity index (χ1n) is 12.6. The lowest BCUT2D eigenvalue weighted by Crippen LogP contribution is -2.39. The van der Waals surface area contributed by atoms with Crippen molar-refractivity contribution in [3.8, 4) is 11.3 Å². The first-order chi connectivity index (χ1) is 16.0. The van der Waals surface area contributed by atoms with E-state index in [-0.39, 0.29) is 5.97 Å². The highest BCUT2D eigenvalue weighted by molar-refractivity contribution is 5.92. The van der Waals surface area contributed by atoms with Gasteiger partial charge in [0.1, 0.15) is 5.60 Å². The average molecular weight is 462 g/mol. The largest absolute Gasteiger partial charge is 0.459 e. The number of pyridine rings is 1. The summed E-state index contributed by atoms with van der Waals surface area (Å²) in [7, 11) is 0. The molecule has 0 spiro atoms. The highest BCUT2D eigenvalue weighted by Crippen LogP contribution is 2.38. The molecule has 5 nitrogen and oxygen atoms in total. The molecule has 3 heterocycles. The number of hydrogen-bond donors (Lipinski definition) is 1. The van der Waals surface area contributed by atoms with Gasteiger partial charge in [-0.3, -0.25) is 14.7 Å². The fourth-order valence-electron chi connectivity index (χ4n) is 5.27. The molecule has 4 rings (SSSR count). The van der Waals surface area contributed by atoms with E-state index in [4.69, 9.17) is 4.74 Å². The van der Waals surface area contributed by atoms with Crippen molar-refractivity contribution in [1.82, 2.24) is 14.9 Å². The molecule has 0 radical (unpaired) electrons. The van der Waals surface area contributed by atoms with E-state index in [2.05, 4.69) is 72.9 Å². The Kier molecular flexibility index (Phi) is 6.86. The van der Waals surface area contributed by atoms with Crippen LogP contribution in [-0.4, -0.2) is 46.1 Å². The topological polar surface area (TPSA) is 58.2 Å². The van der Waals surface area contributed by atoms with E-state index < -0.39 is 5.60 Å². The molecule has 0 amide bonds. The van der Waals surface area contributed by atoms with Crippen LogP contribution in [0.3, 0.4) is 0 Å². The molecule has 5 heteroatoms. The number of fused-ring (bicyclic) bond motifs is 1. The van der Waals surface area contributed by atoms with Gasteiger partial charge in [0.15, 0.2) is 0 Å². The molecular formula is C29H39N3O2. The summed E-state index contributed by atoms with van der Waals surface area (Å²) in [5.74, 6) is 0.793.